The van der Waals surface area contributed by atoms with Crippen molar-refractivity contribution in [3.05, 3.63) is 40.8 Å². The molecule has 0 aliphatic carbocycles. The van der Waals surface area contributed by atoms with Crippen molar-refractivity contribution in [2.24, 2.45) is 0 Å². The Kier molecular flexibility index (Phi) is 5.55. The Bertz CT molecular complexity index is 844. The minimum Gasteiger partial charge on any atom is -0.369 e. The van der Waals surface area contributed by atoms with Gasteiger partial charge in [-0.1, -0.05) is 6.07 Å². The number of amides is 2. The second-order valence-electron chi connectivity index (χ2n) is 6.74. The first-order valence-electron chi connectivity index (χ1n) is 9.14. The summed E-state index contributed by atoms with van der Waals surface area (Å²) in [6.07, 6.45) is 2.28. The van der Waals surface area contributed by atoms with E-state index in [2.05, 4.69) is 20.7 Å². The predicted octanol–water partition coefficient (Wildman–Crippen LogP) is 2.21. The molecule has 2 amide bonds. The van der Waals surface area contributed by atoms with Crippen molar-refractivity contribution in [2.45, 2.75) is 59.4 Å². The molecule has 144 valence electrons. The van der Waals surface area contributed by atoms with Gasteiger partial charge in [-0.2, -0.15) is 5.10 Å². The van der Waals surface area contributed by atoms with Gasteiger partial charge in [-0.15, -0.1) is 0 Å². The molecule has 3 rings (SSSR count). The molecule has 0 unspecified atom stereocenters. The second-order valence-corrected chi connectivity index (χ2v) is 6.74. The first kappa shape index (κ1) is 19.0. The third kappa shape index (κ3) is 4.16. The summed E-state index contributed by atoms with van der Waals surface area (Å²) >= 11 is 0. The van der Waals surface area contributed by atoms with Crippen molar-refractivity contribution in [1.82, 2.24) is 20.1 Å². The van der Waals surface area contributed by atoms with Gasteiger partial charge in [-0.05, 0) is 32.4 Å². The fraction of sp³-hybridized carbons (Fsp3) is 0.474. The quantitative estimate of drug-likeness (QED) is 0.840. The van der Waals surface area contributed by atoms with Crippen molar-refractivity contribution >= 4 is 17.6 Å². The number of nitrogens with one attached hydrogen (secondary N) is 2. The third-order valence-corrected chi connectivity index (χ3v) is 4.50. The lowest BCUT2D eigenvalue weighted by Gasteiger charge is -2.26. The maximum Gasteiger partial charge on any atom is 0.272 e. The highest BCUT2D eigenvalue weighted by Crippen LogP contribution is 2.32. The standard InChI is InChI=1S/C19H25N5O3/c1-5-24-18-12(3)27-11(2)8-15(18)17(23-24)19(26)21-10-14-6-7-16(20-9-14)22-13(4)25/h6-7,9,11-12H,5,8,10H2,1-4H3,(H,21,26)(H,20,22,25)/t11-,12+/m1/s1. The molecule has 1 aliphatic rings. The maximum absolute atomic E-state index is 12.7. The molecule has 2 aromatic rings. The van der Waals surface area contributed by atoms with Crippen molar-refractivity contribution < 1.29 is 14.3 Å². The molecule has 0 saturated carbocycles. The molecule has 8 heteroatoms. The number of ether oxygens (including phenoxy) is 1. The molecular formula is C19H25N5O3. The zero-order valence-corrected chi connectivity index (χ0v) is 16.1. The Morgan fingerprint density at radius 3 is 2.74 bits per heavy atom. The van der Waals surface area contributed by atoms with E-state index in [9.17, 15) is 9.59 Å². The summed E-state index contributed by atoms with van der Waals surface area (Å²) in [5.41, 5.74) is 3.27. The van der Waals surface area contributed by atoms with Gasteiger partial charge in [0.2, 0.25) is 5.91 Å². The molecule has 3 heterocycles. The van der Waals surface area contributed by atoms with Crippen LogP contribution in [0.3, 0.4) is 0 Å². The lowest BCUT2D eigenvalue weighted by Crippen LogP contribution is -2.27. The molecule has 27 heavy (non-hydrogen) atoms. The molecule has 0 bridgehead atoms. The van der Waals surface area contributed by atoms with E-state index in [0.29, 0.717) is 31.0 Å². The minimum atomic E-state index is -0.203. The van der Waals surface area contributed by atoms with Crippen LogP contribution in [0.25, 0.3) is 0 Å². The van der Waals surface area contributed by atoms with E-state index < -0.39 is 0 Å². The van der Waals surface area contributed by atoms with Gasteiger partial charge >= 0.3 is 0 Å². The van der Waals surface area contributed by atoms with Gasteiger partial charge in [0.05, 0.1) is 17.9 Å². The van der Waals surface area contributed by atoms with Gasteiger partial charge in [0.1, 0.15) is 5.82 Å². The summed E-state index contributed by atoms with van der Waals surface area (Å²) in [6, 6.07) is 3.52. The van der Waals surface area contributed by atoms with Crippen LogP contribution in [0.4, 0.5) is 5.82 Å². The van der Waals surface area contributed by atoms with Crippen molar-refractivity contribution in [2.75, 3.05) is 5.32 Å². The third-order valence-electron chi connectivity index (χ3n) is 4.50. The Balaban J connectivity index is 1.72. The smallest absolute Gasteiger partial charge is 0.272 e. The van der Waals surface area contributed by atoms with Crippen LogP contribution in [0.1, 0.15) is 61.1 Å². The number of aryl methyl sites for hydroxylation is 1. The summed E-state index contributed by atoms with van der Waals surface area (Å²) in [5.74, 6) is 0.106. The predicted molar refractivity (Wildman–Crippen MR) is 100 cm³/mol. The van der Waals surface area contributed by atoms with Crippen LogP contribution >= 0.6 is 0 Å². The second kappa shape index (κ2) is 7.87. The summed E-state index contributed by atoms with van der Waals surface area (Å²) < 4.78 is 7.74. The Labute approximate surface area is 158 Å². The molecule has 0 aromatic carbocycles. The van der Waals surface area contributed by atoms with Gasteiger partial charge in [-0.3, -0.25) is 14.3 Å². The van der Waals surface area contributed by atoms with E-state index in [1.165, 1.54) is 6.92 Å². The molecule has 2 aromatic heterocycles. The van der Waals surface area contributed by atoms with Crippen LogP contribution in [0.5, 0.6) is 0 Å². The fourth-order valence-electron chi connectivity index (χ4n) is 3.39. The largest absolute Gasteiger partial charge is 0.369 e. The number of carbonyl (C=O) groups is 2. The molecular weight excluding hydrogens is 346 g/mol. The SMILES string of the molecule is CCn1nc(C(=O)NCc2ccc(NC(C)=O)nc2)c2c1[C@H](C)O[C@H](C)C2. The topological polar surface area (TPSA) is 98.1 Å². The highest BCUT2D eigenvalue weighted by molar-refractivity contribution is 5.94. The van der Waals surface area contributed by atoms with E-state index in [1.54, 1.807) is 12.3 Å². The van der Waals surface area contributed by atoms with Crippen molar-refractivity contribution in [3.63, 3.8) is 0 Å². The van der Waals surface area contributed by atoms with Gasteiger partial charge in [0.15, 0.2) is 5.69 Å². The highest BCUT2D eigenvalue weighted by atomic mass is 16.5. The summed E-state index contributed by atoms with van der Waals surface area (Å²) in [4.78, 5) is 27.9. The maximum atomic E-state index is 12.7. The van der Waals surface area contributed by atoms with Gasteiger partial charge in [-0.25, -0.2) is 4.98 Å². The van der Waals surface area contributed by atoms with Crippen LogP contribution < -0.4 is 10.6 Å². The van der Waals surface area contributed by atoms with E-state index in [4.69, 9.17) is 4.74 Å². The first-order chi connectivity index (χ1) is 12.9. The zero-order valence-electron chi connectivity index (χ0n) is 16.1. The molecule has 2 atom stereocenters. The average Bonchev–Trinajstić information content (AvgIpc) is 2.99. The fourth-order valence-corrected chi connectivity index (χ4v) is 3.39. The number of anilines is 1. The number of aromatic nitrogens is 3. The lowest BCUT2D eigenvalue weighted by atomic mass is 9.99. The normalized spacial score (nSPS) is 18.7. The number of rotatable bonds is 5. The first-order valence-corrected chi connectivity index (χ1v) is 9.14. The van der Waals surface area contributed by atoms with E-state index in [1.807, 2.05) is 31.5 Å². The van der Waals surface area contributed by atoms with E-state index >= 15 is 0 Å². The zero-order chi connectivity index (χ0) is 19.6. The van der Waals surface area contributed by atoms with Crippen LogP contribution in [0.15, 0.2) is 18.3 Å². The van der Waals surface area contributed by atoms with Crippen LogP contribution in [-0.4, -0.2) is 32.7 Å². The Hall–Kier alpha value is -2.74. The van der Waals surface area contributed by atoms with Crippen molar-refractivity contribution in [3.8, 4) is 0 Å². The molecule has 0 radical (unpaired) electrons. The monoisotopic (exact) mass is 371 g/mol. The van der Waals surface area contributed by atoms with Crippen LogP contribution in [-0.2, 0) is 29.0 Å². The number of nitrogens with zero attached hydrogens (tertiary/aromatic N) is 3. The number of carbonyl (C=O) groups excluding carboxylic acids is 2. The number of fused-ring (bicyclic) bond motifs is 1. The lowest BCUT2D eigenvalue weighted by molar-refractivity contribution is -0.114. The van der Waals surface area contributed by atoms with Crippen molar-refractivity contribution in [1.29, 1.82) is 0 Å². The molecule has 8 nitrogen and oxygen atoms in total. The summed E-state index contributed by atoms with van der Waals surface area (Å²) in [5, 5.41) is 10.0. The number of pyridine rings is 1. The molecule has 0 fully saturated rings. The number of hydrogen-bond donors (Lipinski definition) is 2. The average molecular weight is 371 g/mol. The summed E-state index contributed by atoms with van der Waals surface area (Å²) in [6.45, 7) is 8.45. The molecule has 1 aliphatic heterocycles. The van der Waals surface area contributed by atoms with E-state index in [0.717, 1.165) is 16.8 Å². The molecule has 2 N–H and O–H groups in total. The minimum absolute atomic E-state index is 0.0547. The van der Waals surface area contributed by atoms with Crippen LogP contribution in [0.2, 0.25) is 0 Å². The van der Waals surface area contributed by atoms with Gasteiger partial charge in [0.25, 0.3) is 5.91 Å². The Morgan fingerprint density at radius 2 is 2.11 bits per heavy atom. The Morgan fingerprint density at radius 1 is 1.33 bits per heavy atom. The summed E-state index contributed by atoms with van der Waals surface area (Å²) in [7, 11) is 0. The van der Waals surface area contributed by atoms with Gasteiger partial charge < -0.3 is 15.4 Å². The highest BCUT2D eigenvalue weighted by Gasteiger charge is 2.31. The van der Waals surface area contributed by atoms with Crippen LogP contribution in [0, 0.1) is 0 Å². The molecule has 0 spiro atoms. The molecule has 0 saturated heterocycles. The van der Waals surface area contributed by atoms with E-state index in [-0.39, 0.29) is 24.0 Å². The number of hydrogen-bond acceptors (Lipinski definition) is 5. The van der Waals surface area contributed by atoms with Gasteiger partial charge in [0, 0.05) is 38.2 Å².